The second-order valence-electron chi connectivity index (χ2n) is 11.5. The van der Waals surface area contributed by atoms with Crippen molar-refractivity contribution in [3.8, 4) is 11.4 Å². The third kappa shape index (κ3) is 8.11. The summed E-state index contributed by atoms with van der Waals surface area (Å²) in [4.78, 5) is 40.5. The van der Waals surface area contributed by atoms with Crippen molar-refractivity contribution >= 4 is 39.5 Å². The number of amides is 3. The fourth-order valence-corrected chi connectivity index (χ4v) is 5.32. The number of anilines is 1. The van der Waals surface area contributed by atoms with E-state index in [1.807, 2.05) is 0 Å². The van der Waals surface area contributed by atoms with E-state index in [0.717, 1.165) is 12.8 Å². The van der Waals surface area contributed by atoms with E-state index in [0.29, 0.717) is 46.5 Å². The van der Waals surface area contributed by atoms with Gasteiger partial charge in [0, 0.05) is 30.1 Å². The molecule has 13 heteroatoms. The van der Waals surface area contributed by atoms with E-state index < -0.39 is 29.5 Å². The number of aromatic nitrogens is 4. The average Bonchev–Trinajstić information content (AvgIpc) is 3.48. The van der Waals surface area contributed by atoms with Gasteiger partial charge in [-0.15, -0.1) is 10.2 Å². The zero-order valence-electron chi connectivity index (χ0n) is 23.8. The van der Waals surface area contributed by atoms with Crippen LogP contribution < -0.4 is 16.0 Å². The molecule has 224 valence electrons. The second kappa shape index (κ2) is 13.4. The lowest BCUT2D eigenvalue weighted by molar-refractivity contribution is -0.127. The molecular weight excluding hydrogens is 609 g/mol. The second-order valence-corrected chi connectivity index (χ2v) is 12.3. The number of nitrogens with zero attached hydrogens (tertiary/aromatic N) is 4. The minimum Gasteiger partial charge on any atom is -0.444 e. The van der Waals surface area contributed by atoms with Crippen molar-refractivity contribution < 1.29 is 23.5 Å². The summed E-state index contributed by atoms with van der Waals surface area (Å²) in [6, 6.07) is 10.4. The molecule has 0 unspecified atom stereocenters. The van der Waals surface area contributed by atoms with Gasteiger partial charge < -0.3 is 15.8 Å². The lowest BCUT2D eigenvalue weighted by Crippen LogP contribution is -2.52. The molecule has 1 aliphatic carbocycles. The Hall–Kier alpha value is -3.87. The molecule has 1 saturated carbocycles. The molecule has 0 bridgehead atoms. The molecule has 0 radical (unpaired) electrons. The van der Waals surface area contributed by atoms with Gasteiger partial charge in [0.2, 0.25) is 17.6 Å². The molecule has 2 aromatic carbocycles. The molecule has 11 nitrogen and oxygen atoms in total. The first-order valence-corrected chi connectivity index (χ1v) is 14.6. The summed E-state index contributed by atoms with van der Waals surface area (Å²) < 4.78 is 19.9. The number of hydrogen-bond donors (Lipinski definition) is 3. The molecule has 0 spiro atoms. The molecule has 1 aliphatic rings. The Balaban J connectivity index is 1.53. The van der Waals surface area contributed by atoms with Crippen LogP contribution in [0.1, 0.15) is 52.0 Å². The molecule has 4 N–H and O–H groups in total. The van der Waals surface area contributed by atoms with Gasteiger partial charge in [-0.1, -0.05) is 6.07 Å². The highest BCUT2D eigenvalue weighted by Gasteiger charge is 2.36. The van der Waals surface area contributed by atoms with Crippen LogP contribution in [0.3, 0.4) is 0 Å². The van der Waals surface area contributed by atoms with Crippen LogP contribution >= 0.6 is 15.9 Å². The zero-order chi connectivity index (χ0) is 30.4. The summed E-state index contributed by atoms with van der Waals surface area (Å²) in [6.07, 6.45) is 2.16. The molecule has 4 rings (SSSR count). The van der Waals surface area contributed by atoms with Gasteiger partial charge >= 0.3 is 6.09 Å². The van der Waals surface area contributed by atoms with Gasteiger partial charge in [0.25, 0.3) is 0 Å². The Bertz CT molecular complexity index is 1390. The topological polar surface area (TPSA) is 156 Å². The van der Waals surface area contributed by atoms with Crippen molar-refractivity contribution in [2.75, 3.05) is 11.4 Å². The van der Waals surface area contributed by atoms with Crippen LogP contribution in [0.25, 0.3) is 11.4 Å². The smallest absolute Gasteiger partial charge is 0.407 e. The molecule has 0 aliphatic heterocycles. The number of benzene rings is 2. The average molecular weight is 645 g/mol. The van der Waals surface area contributed by atoms with Gasteiger partial charge in [-0.05, 0) is 115 Å². The summed E-state index contributed by atoms with van der Waals surface area (Å²) in [7, 11) is 0. The van der Waals surface area contributed by atoms with Crippen LogP contribution in [0.15, 0.2) is 46.9 Å². The van der Waals surface area contributed by atoms with Gasteiger partial charge in [0.1, 0.15) is 17.5 Å². The first-order chi connectivity index (χ1) is 19.9. The van der Waals surface area contributed by atoms with E-state index >= 15 is 0 Å². The van der Waals surface area contributed by atoms with Gasteiger partial charge in [-0.25, -0.2) is 9.18 Å². The summed E-state index contributed by atoms with van der Waals surface area (Å²) in [5.74, 6) is -1.19. The van der Waals surface area contributed by atoms with E-state index in [9.17, 15) is 18.8 Å². The molecule has 3 aromatic rings. The maximum Gasteiger partial charge on any atom is 0.407 e. The zero-order valence-corrected chi connectivity index (χ0v) is 25.4. The van der Waals surface area contributed by atoms with E-state index in [-0.39, 0.29) is 24.2 Å². The number of aromatic amines is 1. The Morgan fingerprint density at radius 2 is 1.83 bits per heavy atom. The van der Waals surface area contributed by atoms with Gasteiger partial charge in [-0.2, -0.15) is 5.21 Å². The molecule has 1 fully saturated rings. The van der Waals surface area contributed by atoms with E-state index in [1.165, 1.54) is 11.0 Å². The molecule has 42 heavy (non-hydrogen) atoms. The van der Waals surface area contributed by atoms with E-state index in [2.05, 4.69) is 41.9 Å². The number of rotatable bonds is 9. The van der Waals surface area contributed by atoms with E-state index in [4.69, 9.17) is 10.5 Å². The highest BCUT2D eigenvalue weighted by molar-refractivity contribution is 9.10. The number of hydrogen-bond acceptors (Lipinski definition) is 7. The van der Waals surface area contributed by atoms with Crippen LogP contribution in [-0.2, 0) is 20.7 Å². The van der Waals surface area contributed by atoms with Crippen molar-refractivity contribution in [2.24, 2.45) is 17.6 Å². The quantitative estimate of drug-likeness (QED) is 0.309. The number of tetrazole rings is 1. The van der Waals surface area contributed by atoms with Crippen LogP contribution in [0.2, 0.25) is 0 Å². The van der Waals surface area contributed by atoms with Crippen LogP contribution in [-0.4, -0.2) is 56.7 Å². The third-order valence-corrected chi connectivity index (χ3v) is 7.81. The summed E-state index contributed by atoms with van der Waals surface area (Å²) in [6.45, 7) is 5.87. The molecule has 1 aromatic heterocycles. The number of nitrogens with two attached hydrogens (primary N) is 1. The minimum atomic E-state index is -1.05. The standard InChI is InChI=1S/C29H35BrFN7O4/c1-29(2,3)42-28(41)33-16-17-4-7-20(8-5-17)27(40)38(21-11-9-19(10-12-21)26-34-36-37-35-26)24(25(32)39)15-18-6-13-22(30)23(31)14-18/h6,9-14,17,20,24H,4-5,7-8,15-16H2,1-3H3,(H2,32,39)(H,33,41)(H,34,35,36,37)/t17?,20?,24-/m0/s1. The molecule has 0 saturated heterocycles. The van der Waals surface area contributed by atoms with Gasteiger partial charge in [0.15, 0.2) is 0 Å². The highest BCUT2D eigenvalue weighted by atomic mass is 79.9. The Morgan fingerprint density at radius 3 is 2.40 bits per heavy atom. The van der Waals surface area contributed by atoms with E-state index in [1.54, 1.807) is 57.2 Å². The summed E-state index contributed by atoms with van der Waals surface area (Å²) in [5.41, 5.74) is 6.97. The van der Waals surface area contributed by atoms with Gasteiger partial charge in [0.05, 0.1) is 4.47 Å². The van der Waals surface area contributed by atoms with Crippen molar-refractivity contribution in [1.82, 2.24) is 25.9 Å². The normalized spacial score (nSPS) is 17.7. The van der Waals surface area contributed by atoms with Crippen molar-refractivity contribution in [3.05, 3.63) is 58.3 Å². The minimum absolute atomic E-state index is 0.0347. The number of H-pyrrole nitrogens is 1. The lowest BCUT2D eigenvalue weighted by Gasteiger charge is -2.36. The fourth-order valence-electron chi connectivity index (χ4n) is 5.08. The van der Waals surface area contributed by atoms with Crippen LogP contribution in [0.4, 0.5) is 14.9 Å². The number of ether oxygens (including phenoxy) is 1. The maximum atomic E-state index is 14.3. The van der Waals surface area contributed by atoms with Crippen molar-refractivity contribution in [1.29, 1.82) is 0 Å². The SMILES string of the molecule is CC(C)(C)OC(=O)NCC1CCC(C(=O)N(c2ccc(-c3nn[nH]n3)cc2)[C@@H](Cc2ccc(Br)c(F)c2)C(N)=O)CC1. The third-order valence-electron chi connectivity index (χ3n) is 7.17. The first-order valence-electron chi connectivity index (χ1n) is 13.8. The predicted molar refractivity (Wildman–Crippen MR) is 158 cm³/mol. The molecular formula is C29H35BrFN7O4. The molecule has 1 heterocycles. The Labute approximate surface area is 251 Å². The summed E-state index contributed by atoms with van der Waals surface area (Å²) in [5, 5.41) is 16.8. The van der Waals surface area contributed by atoms with Gasteiger partial charge in [-0.3, -0.25) is 14.5 Å². The Morgan fingerprint density at radius 1 is 1.14 bits per heavy atom. The maximum absolute atomic E-state index is 14.3. The number of halogens is 2. The number of primary amides is 1. The monoisotopic (exact) mass is 643 g/mol. The van der Waals surface area contributed by atoms with Crippen molar-refractivity contribution in [3.63, 3.8) is 0 Å². The summed E-state index contributed by atoms with van der Waals surface area (Å²) >= 11 is 3.15. The fraction of sp³-hybridized carbons (Fsp3) is 0.448. The molecule has 3 amide bonds. The highest BCUT2D eigenvalue weighted by Crippen LogP contribution is 2.33. The van der Waals surface area contributed by atoms with Crippen LogP contribution in [0.5, 0.6) is 0 Å². The largest absolute Gasteiger partial charge is 0.444 e. The lowest BCUT2D eigenvalue weighted by atomic mass is 9.81. The Kier molecular flexibility index (Phi) is 9.92. The molecule has 1 atom stereocenters. The first kappa shape index (κ1) is 31.1. The number of nitrogens with one attached hydrogen (secondary N) is 2. The van der Waals surface area contributed by atoms with Crippen LogP contribution in [0, 0.1) is 17.7 Å². The number of carbonyl (C=O) groups is 3. The number of alkyl carbamates (subject to hydrolysis) is 1. The number of carbonyl (C=O) groups excluding carboxylic acids is 3. The predicted octanol–water partition coefficient (Wildman–Crippen LogP) is 4.53. The van der Waals surface area contributed by atoms with Crippen molar-refractivity contribution in [2.45, 2.75) is 64.5 Å².